The van der Waals surface area contributed by atoms with Crippen LogP contribution >= 0.6 is 11.3 Å². The van der Waals surface area contributed by atoms with Crippen molar-refractivity contribution < 1.29 is 0 Å². The lowest BCUT2D eigenvalue weighted by atomic mass is 10.2. The third-order valence-corrected chi connectivity index (χ3v) is 4.77. The van der Waals surface area contributed by atoms with E-state index in [1.165, 1.54) is 16.8 Å². The second-order valence-electron chi connectivity index (χ2n) is 5.59. The second kappa shape index (κ2) is 6.04. The summed E-state index contributed by atoms with van der Waals surface area (Å²) in [5.74, 6) is 0. The van der Waals surface area contributed by atoms with Gasteiger partial charge in [-0.1, -0.05) is 29.8 Å². The van der Waals surface area contributed by atoms with Crippen LogP contribution in [-0.4, -0.2) is 48.0 Å². The number of nitrogens with zero attached hydrogens (tertiary/aromatic N) is 3. The standard InChI is InChI=1S/C16H21N3S/c1-13-3-5-14(6-4-13)16-17-15(12-20-16)11-19-9-7-18(2)8-10-19/h3-6,12H,7-11H2,1-2H3. The minimum Gasteiger partial charge on any atom is -0.304 e. The zero-order chi connectivity index (χ0) is 13.9. The Balaban J connectivity index is 1.66. The summed E-state index contributed by atoms with van der Waals surface area (Å²) in [5, 5.41) is 3.34. The van der Waals surface area contributed by atoms with Crippen LogP contribution in [0.1, 0.15) is 11.3 Å². The topological polar surface area (TPSA) is 19.4 Å². The number of hydrogen-bond acceptors (Lipinski definition) is 4. The van der Waals surface area contributed by atoms with Gasteiger partial charge in [-0.15, -0.1) is 11.3 Å². The van der Waals surface area contributed by atoms with Gasteiger partial charge in [0, 0.05) is 43.7 Å². The Morgan fingerprint density at radius 2 is 1.80 bits per heavy atom. The summed E-state index contributed by atoms with van der Waals surface area (Å²) in [7, 11) is 2.19. The number of hydrogen-bond donors (Lipinski definition) is 0. The molecule has 2 heterocycles. The molecule has 3 rings (SSSR count). The number of aryl methyl sites for hydroxylation is 1. The first kappa shape index (κ1) is 13.7. The van der Waals surface area contributed by atoms with Crippen molar-refractivity contribution >= 4 is 11.3 Å². The molecule has 1 aromatic heterocycles. The largest absolute Gasteiger partial charge is 0.304 e. The summed E-state index contributed by atoms with van der Waals surface area (Å²) in [6, 6.07) is 8.62. The minimum atomic E-state index is 0.982. The lowest BCUT2D eigenvalue weighted by Gasteiger charge is -2.31. The molecule has 0 radical (unpaired) electrons. The van der Waals surface area contributed by atoms with Crippen LogP contribution in [0.3, 0.4) is 0 Å². The van der Waals surface area contributed by atoms with E-state index in [-0.39, 0.29) is 0 Å². The third kappa shape index (κ3) is 3.26. The molecule has 4 heteroatoms. The number of likely N-dealkylation sites (N-methyl/N-ethyl adjacent to an activating group) is 1. The van der Waals surface area contributed by atoms with Crippen LogP contribution in [0.4, 0.5) is 0 Å². The summed E-state index contributed by atoms with van der Waals surface area (Å²) in [6.45, 7) is 7.71. The molecular weight excluding hydrogens is 266 g/mol. The lowest BCUT2D eigenvalue weighted by Crippen LogP contribution is -2.43. The molecule has 0 amide bonds. The van der Waals surface area contributed by atoms with Crippen molar-refractivity contribution in [3.05, 3.63) is 40.9 Å². The van der Waals surface area contributed by atoms with Crippen molar-refractivity contribution in [2.75, 3.05) is 33.2 Å². The number of thiazole rings is 1. The Hall–Kier alpha value is -1.23. The zero-order valence-corrected chi connectivity index (χ0v) is 13.0. The average molecular weight is 287 g/mol. The first-order valence-electron chi connectivity index (χ1n) is 7.13. The molecule has 0 unspecified atom stereocenters. The Morgan fingerprint density at radius 1 is 1.10 bits per heavy atom. The van der Waals surface area contributed by atoms with E-state index in [1.54, 1.807) is 11.3 Å². The van der Waals surface area contributed by atoms with Gasteiger partial charge in [0.05, 0.1) is 5.69 Å². The molecule has 0 spiro atoms. The highest BCUT2D eigenvalue weighted by atomic mass is 32.1. The highest BCUT2D eigenvalue weighted by molar-refractivity contribution is 7.13. The number of aromatic nitrogens is 1. The molecule has 1 saturated heterocycles. The summed E-state index contributed by atoms with van der Waals surface area (Å²) in [5.41, 5.74) is 3.73. The van der Waals surface area contributed by atoms with Crippen molar-refractivity contribution in [1.82, 2.24) is 14.8 Å². The monoisotopic (exact) mass is 287 g/mol. The molecule has 0 atom stereocenters. The summed E-state index contributed by atoms with van der Waals surface area (Å²) >= 11 is 1.75. The van der Waals surface area contributed by atoms with E-state index >= 15 is 0 Å². The molecule has 0 aliphatic carbocycles. The molecule has 1 aromatic carbocycles. The number of piperazine rings is 1. The van der Waals surface area contributed by atoms with Crippen molar-refractivity contribution in [2.45, 2.75) is 13.5 Å². The van der Waals surface area contributed by atoms with Crippen LogP contribution < -0.4 is 0 Å². The van der Waals surface area contributed by atoms with Crippen LogP contribution in [0.25, 0.3) is 10.6 Å². The van der Waals surface area contributed by atoms with E-state index in [4.69, 9.17) is 4.98 Å². The smallest absolute Gasteiger partial charge is 0.123 e. The average Bonchev–Trinajstić information content (AvgIpc) is 2.91. The predicted octanol–water partition coefficient (Wildman–Crippen LogP) is 2.87. The van der Waals surface area contributed by atoms with E-state index in [0.29, 0.717) is 0 Å². The fourth-order valence-corrected chi connectivity index (χ4v) is 3.26. The van der Waals surface area contributed by atoms with E-state index in [2.05, 4.69) is 53.4 Å². The van der Waals surface area contributed by atoms with Crippen LogP contribution in [0.15, 0.2) is 29.6 Å². The second-order valence-corrected chi connectivity index (χ2v) is 6.45. The van der Waals surface area contributed by atoms with Crippen molar-refractivity contribution in [2.24, 2.45) is 0 Å². The van der Waals surface area contributed by atoms with E-state index in [0.717, 1.165) is 37.7 Å². The molecule has 0 N–H and O–H groups in total. The quantitative estimate of drug-likeness (QED) is 0.865. The first-order valence-corrected chi connectivity index (χ1v) is 8.01. The third-order valence-electron chi connectivity index (χ3n) is 3.83. The zero-order valence-electron chi connectivity index (χ0n) is 12.2. The van der Waals surface area contributed by atoms with Crippen LogP contribution in [-0.2, 0) is 6.54 Å². The van der Waals surface area contributed by atoms with Gasteiger partial charge in [-0.25, -0.2) is 4.98 Å². The van der Waals surface area contributed by atoms with Crippen LogP contribution in [0.5, 0.6) is 0 Å². The Labute approximate surface area is 124 Å². The van der Waals surface area contributed by atoms with E-state index in [9.17, 15) is 0 Å². The Kier molecular flexibility index (Phi) is 4.15. The molecule has 1 fully saturated rings. The highest BCUT2D eigenvalue weighted by Crippen LogP contribution is 2.24. The van der Waals surface area contributed by atoms with Gasteiger partial charge in [0.15, 0.2) is 0 Å². The molecule has 2 aromatic rings. The van der Waals surface area contributed by atoms with Gasteiger partial charge < -0.3 is 4.90 Å². The van der Waals surface area contributed by atoms with Crippen LogP contribution in [0, 0.1) is 6.92 Å². The Bertz CT molecular complexity index is 553. The van der Waals surface area contributed by atoms with E-state index < -0.39 is 0 Å². The van der Waals surface area contributed by atoms with Gasteiger partial charge in [0.2, 0.25) is 0 Å². The van der Waals surface area contributed by atoms with Gasteiger partial charge in [-0.3, -0.25) is 4.90 Å². The van der Waals surface area contributed by atoms with Gasteiger partial charge >= 0.3 is 0 Å². The summed E-state index contributed by atoms with van der Waals surface area (Å²) < 4.78 is 0. The summed E-state index contributed by atoms with van der Waals surface area (Å²) in [4.78, 5) is 9.66. The van der Waals surface area contributed by atoms with Gasteiger partial charge in [0.25, 0.3) is 0 Å². The fourth-order valence-electron chi connectivity index (χ4n) is 2.44. The first-order chi connectivity index (χ1) is 9.70. The van der Waals surface area contributed by atoms with E-state index in [1.807, 2.05) is 0 Å². The molecule has 106 valence electrons. The summed E-state index contributed by atoms with van der Waals surface area (Å²) in [6.07, 6.45) is 0. The molecule has 1 aliphatic heterocycles. The Morgan fingerprint density at radius 3 is 2.50 bits per heavy atom. The van der Waals surface area contributed by atoms with Gasteiger partial charge in [0.1, 0.15) is 5.01 Å². The fraction of sp³-hybridized carbons (Fsp3) is 0.438. The van der Waals surface area contributed by atoms with Crippen molar-refractivity contribution in [3.63, 3.8) is 0 Å². The maximum absolute atomic E-state index is 4.79. The lowest BCUT2D eigenvalue weighted by molar-refractivity contribution is 0.147. The van der Waals surface area contributed by atoms with Gasteiger partial charge in [-0.2, -0.15) is 0 Å². The minimum absolute atomic E-state index is 0.982. The molecule has 1 aliphatic rings. The SMILES string of the molecule is Cc1ccc(-c2nc(CN3CCN(C)CC3)cs2)cc1. The normalized spacial score (nSPS) is 17.5. The molecular formula is C16H21N3S. The molecule has 0 bridgehead atoms. The van der Waals surface area contributed by atoms with Crippen molar-refractivity contribution in [3.8, 4) is 10.6 Å². The number of rotatable bonds is 3. The predicted molar refractivity (Wildman–Crippen MR) is 85.1 cm³/mol. The van der Waals surface area contributed by atoms with Crippen molar-refractivity contribution in [1.29, 1.82) is 0 Å². The maximum Gasteiger partial charge on any atom is 0.123 e. The van der Waals surface area contributed by atoms with Gasteiger partial charge in [-0.05, 0) is 14.0 Å². The highest BCUT2D eigenvalue weighted by Gasteiger charge is 2.15. The van der Waals surface area contributed by atoms with Crippen LogP contribution in [0.2, 0.25) is 0 Å². The maximum atomic E-state index is 4.79. The molecule has 0 saturated carbocycles. The molecule has 20 heavy (non-hydrogen) atoms. The number of benzene rings is 1. The molecule has 3 nitrogen and oxygen atoms in total.